The van der Waals surface area contributed by atoms with Gasteiger partial charge >= 0.3 is 0 Å². The maximum Gasteiger partial charge on any atom is -0.0229 e. The van der Waals surface area contributed by atoms with Gasteiger partial charge in [0, 0.05) is 0 Å². The van der Waals surface area contributed by atoms with E-state index in [4.69, 9.17) is 0 Å². The molecule has 0 unspecified atom stereocenters. The molecule has 0 atom stereocenters. The van der Waals surface area contributed by atoms with Crippen LogP contribution >= 0.6 is 15.9 Å². The quantitative estimate of drug-likeness (QED) is 0.393. The smallest absolute Gasteiger partial charge is 0.0229 e. The lowest BCUT2D eigenvalue weighted by molar-refractivity contribution is 0.557. The van der Waals surface area contributed by atoms with Gasteiger partial charge in [0.05, 0.1) is 0 Å². The Labute approximate surface area is 105 Å². The van der Waals surface area contributed by atoms with Crippen LogP contribution < -0.4 is 0 Å². The Kier molecular flexibility index (Phi) is 14.4. The van der Waals surface area contributed by atoms with E-state index in [9.17, 15) is 0 Å². The van der Waals surface area contributed by atoms with Crippen LogP contribution in [0.3, 0.4) is 0 Å². The molecule has 0 rings (SSSR count). The molecule has 0 aromatic carbocycles. The highest BCUT2D eigenvalue weighted by atomic mass is 79.9. The number of rotatable bonds is 11. The van der Waals surface area contributed by atoms with Crippen molar-refractivity contribution in [2.45, 2.75) is 77.6 Å². The second-order valence-electron chi connectivity index (χ2n) is 4.33. The van der Waals surface area contributed by atoms with Crippen molar-refractivity contribution in [2.75, 3.05) is 0 Å². The molecule has 0 aromatic heterocycles. The fourth-order valence-corrected chi connectivity index (χ4v) is 2.08. The molecule has 0 N–H and O–H groups in total. The number of allylic oxidation sites excluding steroid dienone is 1. The van der Waals surface area contributed by atoms with Crippen molar-refractivity contribution in [1.29, 1.82) is 0 Å². The highest BCUT2D eigenvalue weighted by Gasteiger charge is 1.91. The van der Waals surface area contributed by atoms with E-state index in [1.54, 1.807) is 0 Å². The minimum Gasteiger partial charge on any atom is -0.0776 e. The first-order chi connectivity index (χ1) is 7.41. The molecule has 0 aromatic rings. The summed E-state index contributed by atoms with van der Waals surface area (Å²) in [7, 11) is 0. The predicted molar refractivity (Wildman–Crippen MR) is 74.5 cm³/mol. The topological polar surface area (TPSA) is 0 Å². The van der Waals surface area contributed by atoms with Gasteiger partial charge in [0.1, 0.15) is 0 Å². The molecule has 90 valence electrons. The Bertz CT molecular complexity index is 129. The molecule has 0 nitrogen and oxygen atoms in total. The molecule has 0 amide bonds. The van der Waals surface area contributed by atoms with Gasteiger partial charge in [-0.05, 0) is 17.8 Å². The van der Waals surface area contributed by atoms with E-state index >= 15 is 0 Å². The Hall–Kier alpha value is 0.220. The molecule has 0 aliphatic heterocycles. The average molecular weight is 275 g/mol. The zero-order valence-electron chi connectivity index (χ0n) is 10.3. The lowest BCUT2D eigenvalue weighted by Gasteiger charge is -2.01. The van der Waals surface area contributed by atoms with Crippen molar-refractivity contribution < 1.29 is 0 Å². The zero-order valence-corrected chi connectivity index (χ0v) is 11.9. The van der Waals surface area contributed by atoms with Crippen LogP contribution in [0, 0.1) is 0 Å². The maximum absolute atomic E-state index is 3.29. The zero-order chi connectivity index (χ0) is 11.2. The largest absolute Gasteiger partial charge is 0.0776 e. The fourth-order valence-electron chi connectivity index (χ4n) is 1.81. The van der Waals surface area contributed by atoms with Gasteiger partial charge in [0.25, 0.3) is 0 Å². The van der Waals surface area contributed by atoms with Crippen molar-refractivity contribution in [3.05, 3.63) is 11.1 Å². The van der Waals surface area contributed by atoms with Crippen LogP contribution in [0.5, 0.6) is 0 Å². The van der Waals surface area contributed by atoms with Gasteiger partial charge in [-0.15, -0.1) is 0 Å². The van der Waals surface area contributed by atoms with Crippen molar-refractivity contribution in [3.63, 3.8) is 0 Å². The summed E-state index contributed by atoms with van der Waals surface area (Å²) in [6, 6.07) is 0. The number of hydrogen-bond donors (Lipinski definition) is 0. The molecule has 0 heterocycles. The monoisotopic (exact) mass is 274 g/mol. The normalized spacial score (nSPS) is 11.3. The van der Waals surface area contributed by atoms with Crippen LogP contribution in [0.4, 0.5) is 0 Å². The van der Waals surface area contributed by atoms with Gasteiger partial charge in [0.15, 0.2) is 0 Å². The number of halogens is 1. The van der Waals surface area contributed by atoms with Crippen molar-refractivity contribution >= 4 is 15.9 Å². The first kappa shape index (κ1) is 15.2. The molecular weight excluding hydrogens is 248 g/mol. The molecule has 0 bridgehead atoms. The predicted octanol–water partition coefficient (Wildman–Crippen LogP) is 6.21. The third-order valence-corrected chi connectivity index (χ3v) is 3.19. The minimum atomic E-state index is 1.24. The molecule has 0 radical (unpaired) electrons. The van der Waals surface area contributed by atoms with E-state index in [2.05, 4.69) is 28.9 Å². The molecule has 0 fully saturated rings. The van der Waals surface area contributed by atoms with E-state index in [1.165, 1.54) is 70.6 Å². The maximum atomic E-state index is 3.29. The Morgan fingerprint density at radius 3 is 1.67 bits per heavy atom. The molecule has 0 aliphatic rings. The summed E-state index contributed by atoms with van der Waals surface area (Å²) in [5.74, 6) is 0. The first-order valence-corrected chi connectivity index (χ1v) is 7.58. The Balaban J connectivity index is 2.86. The van der Waals surface area contributed by atoms with Gasteiger partial charge in [-0.3, -0.25) is 0 Å². The minimum absolute atomic E-state index is 1.24. The van der Waals surface area contributed by atoms with E-state index in [0.29, 0.717) is 0 Å². The standard InChI is InChI=1S/C14H27Br/c1-2-3-4-5-6-7-8-9-10-11-12-13-14-15/h13-14H,2-12H2,1H3/b14-13-. The van der Waals surface area contributed by atoms with Crippen molar-refractivity contribution in [3.8, 4) is 0 Å². The van der Waals surface area contributed by atoms with Crippen LogP contribution in [0.15, 0.2) is 11.1 Å². The average Bonchev–Trinajstić information content (AvgIpc) is 2.26. The molecular formula is C14H27Br. The van der Waals surface area contributed by atoms with Gasteiger partial charge in [-0.25, -0.2) is 0 Å². The fraction of sp³-hybridized carbons (Fsp3) is 0.857. The lowest BCUT2D eigenvalue weighted by Crippen LogP contribution is -1.81. The summed E-state index contributed by atoms with van der Waals surface area (Å²) in [6.07, 6.45) is 17.7. The van der Waals surface area contributed by atoms with Gasteiger partial charge in [0.2, 0.25) is 0 Å². The van der Waals surface area contributed by atoms with Crippen molar-refractivity contribution in [1.82, 2.24) is 0 Å². The third kappa shape index (κ3) is 14.2. The highest BCUT2D eigenvalue weighted by Crippen LogP contribution is 2.11. The van der Waals surface area contributed by atoms with Gasteiger partial charge in [-0.1, -0.05) is 86.7 Å². The van der Waals surface area contributed by atoms with Crippen LogP contribution in [0.2, 0.25) is 0 Å². The van der Waals surface area contributed by atoms with Gasteiger partial charge in [-0.2, -0.15) is 0 Å². The summed E-state index contributed by atoms with van der Waals surface area (Å²) in [5.41, 5.74) is 0. The molecule has 0 saturated heterocycles. The van der Waals surface area contributed by atoms with Crippen LogP contribution in [0.25, 0.3) is 0 Å². The van der Waals surface area contributed by atoms with E-state index in [0.717, 1.165) is 0 Å². The third-order valence-electron chi connectivity index (χ3n) is 2.81. The Morgan fingerprint density at radius 1 is 0.733 bits per heavy atom. The van der Waals surface area contributed by atoms with E-state index in [1.807, 2.05) is 4.99 Å². The number of hydrogen-bond acceptors (Lipinski definition) is 0. The molecule has 1 heteroatoms. The van der Waals surface area contributed by atoms with Crippen LogP contribution in [-0.2, 0) is 0 Å². The first-order valence-electron chi connectivity index (χ1n) is 6.67. The van der Waals surface area contributed by atoms with Crippen LogP contribution in [0.1, 0.15) is 77.6 Å². The SMILES string of the molecule is CCCCCCCCCCCC/C=C\Br. The second-order valence-corrected chi connectivity index (χ2v) is 4.86. The second kappa shape index (κ2) is 14.2. The molecule has 0 saturated carbocycles. The summed E-state index contributed by atoms with van der Waals surface area (Å²) < 4.78 is 0. The van der Waals surface area contributed by atoms with Crippen LogP contribution in [-0.4, -0.2) is 0 Å². The highest BCUT2D eigenvalue weighted by molar-refractivity contribution is 9.11. The Morgan fingerprint density at radius 2 is 1.20 bits per heavy atom. The lowest BCUT2D eigenvalue weighted by atomic mass is 10.1. The molecule has 15 heavy (non-hydrogen) atoms. The summed E-state index contributed by atoms with van der Waals surface area (Å²) in [6.45, 7) is 2.28. The molecule has 0 aliphatic carbocycles. The summed E-state index contributed by atoms with van der Waals surface area (Å²) >= 11 is 3.29. The molecule has 0 spiro atoms. The number of unbranched alkanes of at least 4 members (excludes halogenated alkanes) is 10. The summed E-state index contributed by atoms with van der Waals surface area (Å²) in [4.78, 5) is 1.97. The summed E-state index contributed by atoms with van der Waals surface area (Å²) in [5, 5.41) is 0. The van der Waals surface area contributed by atoms with Gasteiger partial charge < -0.3 is 0 Å². The van der Waals surface area contributed by atoms with E-state index < -0.39 is 0 Å². The van der Waals surface area contributed by atoms with E-state index in [-0.39, 0.29) is 0 Å². The van der Waals surface area contributed by atoms with Crippen molar-refractivity contribution in [2.24, 2.45) is 0 Å².